The molecule has 0 aromatic carbocycles. The number of nitrogens with two attached hydrogens (primary N) is 1. The quantitative estimate of drug-likeness (QED) is 0.399. The molecule has 0 aliphatic rings. The molecule has 4 heteroatoms. The number of aryl methyl sites for hydroxylation is 2. The van der Waals surface area contributed by atoms with Crippen LogP contribution in [-0.2, 0) is 13.5 Å². The molecule has 1 rings (SSSR count). The third-order valence-corrected chi connectivity index (χ3v) is 2.23. The summed E-state index contributed by atoms with van der Waals surface area (Å²) in [7, 11) is 1.92. The molecule has 0 aliphatic carbocycles. The Hall–Kier alpha value is -1.13. The van der Waals surface area contributed by atoms with Gasteiger partial charge in [-0.2, -0.15) is 5.10 Å². The van der Waals surface area contributed by atoms with Crippen LogP contribution < -0.4 is 11.3 Å². The Morgan fingerprint density at radius 3 is 3.07 bits per heavy atom. The minimum Gasteiger partial charge on any atom is -0.276 e. The van der Waals surface area contributed by atoms with E-state index in [2.05, 4.69) is 17.1 Å². The molecule has 0 spiro atoms. The van der Waals surface area contributed by atoms with Crippen LogP contribution in [0.15, 0.2) is 25.0 Å². The molecular weight excluding hydrogens is 176 g/mol. The zero-order valence-corrected chi connectivity index (χ0v) is 8.61. The summed E-state index contributed by atoms with van der Waals surface area (Å²) in [6.45, 7) is 3.70. The van der Waals surface area contributed by atoms with Gasteiger partial charge in [0.25, 0.3) is 0 Å². The maximum atomic E-state index is 5.41. The van der Waals surface area contributed by atoms with E-state index in [1.54, 1.807) is 0 Å². The van der Waals surface area contributed by atoms with Crippen LogP contribution in [0, 0.1) is 0 Å². The second-order valence-electron chi connectivity index (χ2n) is 3.45. The Morgan fingerprint density at radius 2 is 2.57 bits per heavy atom. The van der Waals surface area contributed by atoms with Gasteiger partial charge < -0.3 is 0 Å². The van der Waals surface area contributed by atoms with Crippen molar-refractivity contribution >= 4 is 0 Å². The van der Waals surface area contributed by atoms with Gasteiger partial charge in [-0.05, 0) is 24.8 Å². The summed E-state index contributed by atoms with van der Waals surface area (Å²) in [6.07, 6.45) is 8.71. The topological polar surface area (TPSA) is 55.9 Å². The minimum atomic E-state index is 0.313. The van der Waals surface area contributed by atoms with E-state index in [-0.39, 0.29) is 0 Å². The van der Waals surface area contributed by atoms with E-state index < -0.39 is 0 Å². The predicted molar refractivity (Wildman–Crippen MR) is 57.5 cm³/mol. The average Bonchev–Trinajstić information content (AvgIpc) is 2.59. The highest BCUT2D eigenvalue weighted by molar-refractivity contribution is 5.04. The van der Waals surface area contributed by atoms with E-state index >= 15 is 0 Å². The first-order valence-corrected chi connectivity index (χ1v) is 4.80. The van der Waals surface area contributed by atoms with Crippen LogP contribution in [0.3, 0.4) is 0 Å². The van der Waals surface area contributed by atoms with Crippen molar-refractivity contribution in [1.82, 2.24) is 15.2 Å². The van der Waals surface area contributed by atoms with Crippen molar-refractivity contribution in [2.24, 2.45) is 12.9 Å². The fraction of sp³-hybridized carbons (Fsp3) is 0.500. The normalized spacial score (nSPS) is 12.7. The van der Waals surface area contributed by atoms with E-state index in [0.717, 1.165) is 19.3 Å². The Kier molecular flexibility index (Phi) is 4.35. The number of nitrogens with one attached hydrogen (secondary N) is 1. The third kappa shape index (κ3) is 3.32. The molecule has 1 unspecified atom stereocenters. The molecule has 78 valence electrons. The molecule has 0 amide bonds. The lowest BCUT2D eigenvalue weighted by Gasteiger charge is -2.12. The van der Waals surface area contributed by atoms with Crippen LogP contribution in [0.5, 0.6) is 0 Å². The summed E-state index contributed by atoms with van der Waals surface area (Å²) in [5.41, 5.74) is 4.03. The number of nitrogens with zero attached hydrogens (tertiary/aromatic N) is 2. The Bertz CT molecular complexity index is 279. The van der Waals surface area contributed by atoms with Crippen molar-refractivity contribution in [3.8, 4) is 0 Å². The molecule has 1 aromatic heterocycles. The largest absolute Gasteiger partial charge is 0.276 e. The SMILES string of the molecule is C=CCC(CCc1cnn(C)c1)NN. The Morgan fingerprint density at radius 1 is 1.79 bits per heavy atom. The van der Waals surface area contributed by atoms with Crippen LogP contribution in [0.2, 0.25) is 0 Å². The van der Waals surface area contributed by atoms with Crippen molar-refractivity contribution in [3.05, 3.63) is 30.6 Å². The lowest BCUT2D eigenvalue weighted by Crippen LogP contribution is -2.34. The monoisotopic (exact) mass is 194 g/mol. The summed E-state index contributed by atoms with van der Waals surface area (Å²) in [6, 6.07) is 0.313. The summed E-state index contributed by atoms with van der Waals surface area (Å²) < 4.78 is 1.81. The van der Waals surface area contributed by atoms with Gasteiger partial charge in [-0.15, -0.1) is 6.58 Å². The lowest BCUT2D eigenvalue weighted by molar-refractivity contribution is 0.499. The fourth-order valence-electron chi connectivity index (χ4n) is 1.41. The fourth-order valence-corrected chi connectivity index (χ4v) is 1.41. The van der Waals surface area contributed by atoms with Crippen molar-refractivity contribution in [2.45, 2.75) is 25.3 Å². The first kappa shape index (κ1) is 10.9. The number of hydrazine groups is 1. The highest BCUT2D eigenvalue weighted by Gasteiger charge is 2.05. The molecule has 0 radical (unpaired) electrons. The summed E-state index contributed by atoms with van der Waals surface area (Å²) >= 11 is 0. The highest BCUT2D eigenvalue weighted by atomic mass is 15.2. The summed E-state index contributed by atoms with van der Waals surface area (Å²) in [5, 5.41) is 4.11. The second kappa shape index (κ2) is 5.57. The van der Waals surface area contributed by atoms with E-state index in [0.29, 0.717) is 6.04 Å². The first-order valence-electron chi connectivity index (χ1n) is 4.80. The minimum absolute atomic E-state index is 0.313. The van der Waals surface area contributed by atoms with Crippen molar-refractivity contribution in [1.29, 1.82) is 0 Å². The molecule has 1 aromatic rings. The van der Waals surface area contributed by atoms with Crippen molar-refractivity contribution < 1.29 is 0 Å². The Labute approximate surface area is 84.8 Å². The summed E-state index contributed by atoms with van der Waals surface area (Å²) in [5.74, 6) is 5.41. The molecule has 0 bridgehead atoms. The van der Waals surface area contributed by atoms with E-state index in [4.69, 9.17) is 5.84 Å². The zero-order valence-electron chi connectivity index (χ0n) is 8.61. The van der Waals surface area contributed by atoms with Crippen molar-refractivity contribution in [2.75, 3.05) is 0 Å². The lowest BCUT2D eigenvalue weighted by atomic mass is 10.1. The molecule has 1 atom stereocenters. The van der Waals surface area contributed by atoms with Crippen molar-refractivity contribution in [3.63, 3.8) is 0 Å². The molecule has 4 nitrogen and oxygen atoms in total. The number of hydrogen-bond acceptors (Lipinski definition) is 3. The standard InChI is InChI=1S/C10H18N4/c1-3-4-10(13-11)6-5-9-7-12-14(2)8-9/h3,7-8,10,13H,1,4-6,11H2,2H3. The van der Waals surface area contributed by atoms with E-state index in [9.17, 15) is 0 Å². The molecule has 0 aliphatic heterocycles. The van der Waals surface area contributed by atoms with Crippen LogP contribution in [0.4, 0.5) is 0 Å². The Balaban J connectivity index is 2.34. The van der Waals surface area contributed by atoms with Gasteiger partial charge in [-0.3, -0.25) is 16.0 Å². The molecule has 14 heavy (non-hydrogen) atoms. The van der Waals surface area contributed by atoms with Gasteiger partial charge in [-0.1, -0.05) is 6.08 Å². The first-order chi connectivity index (χ1) is 6.76. The number of rotatable bonds is 6. The van der Waals surface area contributed by atoms with Crippen LogP contribution in [0.1, 0.15) is 18.4 Å². The van der Waals surface area contributed by atoms with Gasteiger partial charge in [0.05, 0.1) is 6.20 Å². The zero-order chi connectivity index (χ0) is 10.4. The van der Waals surface area contributed by atoms with Gasteiger partial charge in [0.1, 0.15) is 0 Å². The molecule has 3 N–H and O–H groups in total. The highest BCUT2D eigenvalue weighted by Crippen LogP contribution is 2.05. The van der Waals surface area contributed by atoms with Gasteiger partial charge in [-0.25, -0.2) is 0 Å². The number of aromatic nitrogens is 2. The van der Waals surface area contributed by atoms with Gasteiger partial charge in [0.2, 0.25) is 0 Å². The van der Waals surface area contributed by atoms with Gasteiger partial charge in [0.15, 0.2) is 0 Å². The van der Waals surface area contributed by atoms with Gasteiger partial charge in [0, 0.05) is 19.3 Å². The number of hydrogen-bond donors (Lipinski definition) is 2. The van der Waals surface area contributed by atoms with E-state index in [1.165, 1.54) is 5.56 Å². The van der Waals surface area contributed by atoms with Crippen LogP contribution in [0.25, 0.3) is 0 Å². The molecule has 1 heterocycles. The molecule has 0 saturated heterocycles. The predicted octanol–water partition coefficient (Wildman–Crippen LogP) is 0.761. The smallest absolute Gasteiger partial charge is 0.0521 e. The van der Waals surface area contributed by atoms with Crippen LogP contribution >= 0.6 is 0 Å². The second-order valence-corrected chi connectivity index (χ2v) is 3.45. The van der Waals surface area contributed by atoms with Gasteiger partial charge >= 0.3 is 0 Å². The third-order valence-electron chi connectivity index (χ3n) is 2.23. The summed E-state index contributed by atoms with van der Waals surface area (Å²) in [4.78, 5) is 0. The molecular formula is C10H18N4. The maximum Gasteiger partial charge on any atom is 0.0521 e. The molecule has 0 saturated carbocycles. The van der Waals surface area contributed by atoms with E-state index in [1.807, 2.05) is 30.2 Å². The average molecular weight is 194 g/mol. The van der Waals surface area contributed by atoms with Crippen LogP contribution in [-0.4, -0.2) is 15.8 Å². The molecule has 0 fully saturated rings. The maximum absolute atomic E-state index is 5.41.